The Balaban J connectivity index is 5.26. The Bertz CT molecular complexity index is 1870. The van der Waals surface area contributed by atoms with Gasteiger partial charge in [0, 0.05) is 25.7 Å². The highest BCUT2D eigenvalue weighted by atomic mass is 31.2. The number of hydrogen-bond donors (Lipinski definition) is 3. The summed E-state index contributed by atoms with van der Waals surface area (Å²) >= 11 is 0. The molecule has 6 atom stereocenters. The van der Waals surface area contributed by atoms with Crippen LogP contribution in [0.1, 0.15) is 383 Å². The minimum atomic E-state index is -4.96. The number of phosphoric acid groups is 2. The molecule has 0 radical (unpaired) electrons. The van der Waals surface area contributed by atoms with E-state index in [0.717, 1.165) is 114 Å². The molecule has 0 aliphatic carbocycles. The van der Waals surface area contributed by atoms with Crippen molar-refractivity contribution < 1.29 is 80.2 Å². The average molecular weight is 1400 g/mol. The van der Waals surface area contributed by atoms with Crippen LogP contribution in [0.15, 0.2) is 0 Å². The molecule has 95 heavy (non-hydrogen) atoms. The third-order valence-corrected chi connectivity index (χ3v) is 19.8. The maximum atomic E-state index is 13.1. The van der Waals surface area contributed by atoms with Crippen molar-refractivity contribution in [3.05, 3.63) is 0 Å². The van der Waals surface area contributed by atoms with E-state index in [-0.39, 0.29) is 25.7 Å². The highest BCUT2D eigenvalue weighted by Crippen LogP contribution is 2.45. The van der Waals surface area contributed by atoms with Crippen LogP contribution in [0.2, 0.25) is 0 Å². The van der Waals surface area contributed by atoms with Crippen LogP contribution >= 0.6 is 15.6 Å². The molecule has 0 fully saturated rings. The van der Waals surface area contributed by atoms with Crippen molar-refractivity contribution in [3.63, 3.8) is 0 Å². The van der Waals surface area contributed by atoms with Gasteiger partial charge in [-0.05, 0) is 49.4 Å². The summed E-state index contributed by atoms with van der Waals surface area (Å²) in [4.78, 5) is 72.8. The Labute approximate surface area is 581 Å². The first kappa shape index (κ1) is 93.1. The van der Waals surface area contributed by atoms with E-state index in [1.165, 1.54) is 180 Å². The van der Waals surface area contributed by atoms with E-state index in [0.29, 0.717) is 31.6 Å². The Morgan fingerprint density at radius 3 is 0.747 bits per heavy atom. The van der Waals surface area contributed by atoms with E-state index in [2.05, 4.69) is 55.4 Å². The van der Waals surface area contributed by atoms with E-state index in [1.54, 1.807) is 0 Å². The molecule has 564 valence electrons. The van der Waals surface area contributed by atoms with Gasteiger partial charge in [0.05, 0.1) is 26.4 Å². The quantitative estimate of drug-likeness (QED) is 0.0222. The summed E-state index contributed by atoms with van der Waals surface area (Å²) in [5.74, 6) is 0.955. The Kier molecular flexibility index (Phi) is 64.0. The second kappa shape index (κ2) is 65.4. The predicted molar refractivity (Wildman–Crippen MR) is 386 cm³/mol. The Morgan fingerprint density at radius 1 is 0.295 bits per heavy atom. The van der Waals surface area contributed by atoms with Crippen LogP contribution in [-0.4, -0.2) is 96.7 Å². The molecule has 0 bridgehead atoms. The smallest absolute Gasteiger partial charge is 0.462 e. The largest absolute Gasteiger partial charge is 0.472 e. The SMILES string of the molecule is CCC(C)CCCCCCCCCCCCC(=O)O[C@H](COC(=O)CCCCCCCCCCCCCCCC(C)C)COP(=O)(O)OCC(O)COP(=O)(O)OC[C@@H](COC(=O)CCCCCCCCCC(C)C)OC(=O)CCCCCCCCCCCCCCC(C)C. The maximum absolute atomic E-state index is 13.1. The number of aliphatic hydroxyl groups is 1. The van der Waals surface area contributed by atoms with Gasteiger partial charge >= 0.3 is 39.5 Å². The van der Waals surface area contributed by atoms with Gasteiger partial charge in [-0.25, -0.2) is 9.13 Å². The zero-order chi connectivity index (χ0) is 70.3. The second-order valence-corrected chi connectivity index (χ2v) is 32.0. The third-order valence-electron chi connectivity index (χ3n) is 17.9. The van der Waals surface area contributed by atoms with Crippen LogP contribution in [0.25, 0.3) is 0 Å². The number of phosphoric ester groups is 2. The summed E-state index contributed by atoms with van der Waals surface area (Å²) in [5, 5.41) is 10.6. The summed E-state index contributed by atoms with van der Waals surface area (Å²) in [5.41, 5.74) is 0. The van der Waals surface area contributed by atoms with E-state index >= 15 is 0 Å². The lowest BCUT2D eigenvalue weighted by Gasteiger charge is -2.21. The molecule has 0 aromatic rings. The summed E-state index contributed by atoms with van der Waals surface area (Å²) in [6, 6.07) is 0. The first-order valence-electron chi connectivity index (χ1n) is 39.2. The lowest BCUT2D eigenvalue weighted by atomic mass is 9.99. The van der Waals surface area contributed by atoms with Crippen LogP contribution in [-0.2, 0) is 65.4 Å². The van der Waals surface area contributed by atoms with Crippen molar-refractivity contribution in [1.82, 2.24) is 0 Å². The lowest BCUT2D eigenvalue weighted by molar-refractivity contribution is -0.161. The van der Waals surface area contributed by atoms with Crippen LogP contribution in [0, 0.1) is 23.7 Å². The van der Waals surface area contributed by atoms with Crippen molar-refractivity contribution in [2.75, 3.05) is 39.6 Å². The van der Waals surface area contributed by atoms with Crippen LogP contribution in [0.4, 0.5) is 0 Å². The van der Waals surface area contributed by atoms with E-state index in [1.807, 2.05) is 0 Å². The summed E-state index contributed by atoms with van der Waals surface area (Å²) in [6.07, 6.45) is 49.9. The molecule has 0 rings (SSSR count). The molecule has 3 N–H and O–H groups in total. The van der Waals surface area contributed by atoms with Gasteiger partial charge in [0.2, 0.25) is 0 Å². The highest BCUT2D eigenvalue weighted by Gasteiger charge is 2.30. The van der Waals surface area contributed by atoms with Gasteiger partial charge in [-0.15, -0.1) is 0 Å². The Hall–Kier alpha value is -1.94. The number of rotatable bonds is 73. The van der Waals surface area contributed by atoms with Gasteiger partial charge in [-0.2, -0.15) is 0 Å². The van der Waals surface area contributed by atoms with Gasteiger partial charge in [0.15, 0.2) is 12.2 Å². The highest BCUT2D eigenvalue weighted by molar-refractivity contribution is 7.47. The molecule has 17 nitrogen and oxygen atoms in total. The topological polar surface area (TPSA) is 237 Å². The zero-order valence-electron chi connectivity index (χ0n) is 62.3. The molecule has 0 aromatic carbocycles. The molecular weight excluding hydrogens is 1250 g/mol. The number of aliphatic hydroxyl groups excluding tert-OH is 1. The number of ether oxygens (including phenoxy) is 4. The molecule has 4 unspecified atom stereocenters. The van der Waals surface area contributed by atoms with Crippen molar-refractivity contribution in [2.24, 2.45) is 23.7 Å². The van der Waals surface area contributed by atoms with Crippen molar-refractivity contribution >= 4 is 39.5 Å². The average Bonchev–Trinajstić information content (AvgIpc) is 1.68. The normalized spacial score (nSPS) is 14.4. The standard InChI is InChI=1S/C76H148O17P2/c1-9-69(8)55-47-39-31-23-19-20-26-34-43-51-59-76(81)92-71(62-86-73(78)56-48-40-32-24-17-12-10-11-15-21-28-36-44-52-66(2)3)64-90-94(82,83)88-60-70(77)61-89-95(84,85)91-65-72(63-87-74(79)57-49-41-35-27-30-38-46-54-68(6)7)93-75(80)58-50-42-33-25-18-14-13-16-22-29-37-45-53-67(4)5/h66-72,77H,9-65H2,1-8H3,(H,82,83)(H,84,85)/t69?,70?,71-,72-/m1/s1. The number of esters is 4. The summed E-state index contributed by atoms with van der Waals surface area (Å²) < 4.78 is 68.5. The van der Waals surface area contributed by atoms with Gasteiger partial charge in [0.1, 0.15) is 19.3 Å². The van der Waals surface area contributed by atoms with Crippen LogP contribution in [0.3, 0.4) is 0 Å². The van der Waals surface area contributed by atoms with Gasteiger partial charge in [-0.1, -0.05) is 331 Å². The molecule has 0 aromatic heterocycles. The fraction of sp³-hybridized carbons (Fsp3) is 0.947. The number of hydrogen-bond acceptors (Lipinski definition) is 15. The fourth-order valence-electron chi connectivity index (χ4n) is 11.5. The van der Waals surface area contributed by atoms with Gasteiger partial charge in [-0.3, -0.25) is 37.3 Å². The van der Waals surface area contributed by atoms with Crippen molar-refractivity contribution in [3.8, 4) is 0 Å². The summed E-state index contributed by atoms with van der Waals surface area (Å²) in [6.45, 7) is 14.2. The van der Waals surface area contributed by atoms with E-state index in [9.17, 15) is 43.2 Å². The molecule has 0 saturated carbocycles. The van der Waals surface area contributed by atoms with E-state index < -0.39 is 97.5 Å². The van der Waals surface area contributed by atoms with Gasteiger partial charge in [0.25, 0.3) is 0 Å². The molecule has 0 heterocycles. The first-order valence-corrected chi connectivity index (χ1v) is 42.2. The number of carbonyl (C=O) groups is 4. The third kappa shape index (κ3) is 69.0. The monoisotopic (exact) mass is 1400 g/mol. The molecule has 0 aliphatic rings. The van der Waals surface area contributed by atoms with Crippen molar-refractivity contribution in [2.45, 2.75) is 401 Å². The minimum Gasteiger partial charge on any atom is -0.462 e. The summed E-state index contributed by atoms with van der Waals surface area (Å²) in [7, 11) is -9.91. The molecular formula is C76H148O17P2. The lowest BCUT2D eigenvalue weighted by Crippen LogP contribution is -2.30. The predicted octanol–water partition coefficient (Wildman–Crippen LogP) is 22.0. The van der Waals surface area contributed by atoms with Crippen molar-refractivity contribution in [1.29, 1.82) is 0 Å². The Morgan fingerprint density at radius 2 is 0.505 bits per heavy atom. The molecule has 0 saturated heterocycles. The fourth-order valence-corrected chi connectivity index (χ4v) is 13.1. The minimum absolute atomic E-state index is 0.106. The molecule has 0 spiro atoms. The van der Waals surface area contributed by atoms with Crippen LogP contribution < -0.4 is 0 Å². The van der Waals surface area contributed by atoms with Gasteiger partial charge < -0.3 is 33.8 Å². The maximum Gasteiger partial charge on any atom is 0.472 e. The van der Waals surface area contributed by atoms with Crippen LogP contribution in [0.5, 0.6) is 0 Å². The molecule has 19 heteroatoms. The van der Waals surface area contributed by atoms with E-state index in [4.69, 9.17) is 37.0 Å². The number of carbonyl (C=O) groups excluding carboxylic acids is 4. The number of unbranched alkanes of at least 4 members (excludes halogenated alkanes) is 38. The molecule has 0 aliphatic heterocycles. The first-order chi connectivity index (χ1) is 45.6. The second-order valence-electron chi connectivity index (χ2n) is 29.1. The zero-order valence-corrected chi connectivity index (χ0v) is 64.1. The molecule has 0 amide bonds.